The van der Waals surface area contributed by atoms with Gasteiger partial charge in [-0.1, -0.05) is 18.3 Å². The molecule has 0 bridgehead atoms. The Morgan fingerprint density at radius 2 is 2.29 bits per heavy atom. The Kier molecular flexibility index (Phi) is 5.00. The van der Waals surface area contributed by atoms with E-state index < -0.39 is 0 Å². The number of nitrogens with one attached hydrogen (secondary N) is 1. The second-order valence-electron chi connectivity index (χ2n) is 3.06. The van der Waals surface area contributed by atoms with Crippen molar-refractivity contribution in [2.75, 3.05) is 20.3 Å². The highest BCUT2D eigenvalue weighted by Crippen LogP contribution is 2.17. The van der Waals surface area contributed by atoms with E-state index in [0.29, 0.717) is 12.6 Å². The Balaban J connectivity index is 2.49. The van der Waals surface area contributed by atoms with Crippen LogP contribution in [0.1, 0.15) is 29.9 Å². The van der Waals surface area contributed by atoms with E-state index in [1.807, 2.05) is 0 Å². The maximum atomic E-state index is 4.99. The van der Waals surface area contributed by atoms with Crippen molar-refractivity contribution < 1.29 is 4.74 Å². The number of hydrogen-bond donors (Lipinski definition) is 1. The van der Waals surface area contributed by atoms with Crippen molar-refractivity contribution in [1.29, 1.82) is 0 Å². The standard InChI is InChI=1S/C9H17N3OS/c1-4-10-7(2)9-12-11-8(14-9)5-6-13-3/h7,10H,4-6H2,1-3H3. The van der Waals surface area contributed by atoms with E-state index in [4.69, 9.17) is 4.74 Å². The van der Waals surface area contributed by atoms with Crippen molar-refractivity contribution >= 4 is 11.3 Å². The van der Waals surface area contributed by atoms with Gasteiger partial charge in [0.15, 0.2) is 0 Å². The lowest BCUT2D eigenvalue weighted by Crippen LogP contribution is -2.17. The van der Waals surface area contributed by atoms with Crippen LogP contribution in [0.25, 0.3) is 0 Å². The molecule has 0 amide bonds. The highest BCUT2D eigenvalue weighted by molar-refractivity contribution is 7.11. The largest absolute Gasteiger partial charge is 0.384 e. The normalized spacial score (nSPS) is 13.1. The van der Waals surface area contributed by atoms with Gasteiger partial charge in [0.1, 0.15) is 10.0 Å². The van der Waals surface area contributed by atoms with E-state index in [1.54, 1.807) is 18.4 Å². The lowest BCUT2D eigenvalue weighted by Gasteiger charge is -2.06. The van der Waals surface area contributed by atoms with Gasteiger partial charge in [0.25, 0.3) is 0 Å². The van der Waals surface area contributed by atoms with Gasteiger partial charge < -0.3 is 10.1 Å². The lowest BCUT2D eigenvalue weighted by molar-refractivity contribution is 0.202. The predicted molar refractivity (Wildman–Crippen MR) is 57.6 cm³/mol. The molecule has 0 fully saturated rings. The summed E-state index contributed by atoms with van der Waals surface area (Å²) >= 11 is 1.66. The van der Waals surface area contributed by atoms with Crippen molar-refractivity contribution in [2.24, 2.45) is 0 Å². The van der Waals surface area contributed by atoms with Gasteiger partial charge in [-0.05, 0) is 13.5 Å². The molecule has 0 saturated carbocycles. The monoisotopic (exact) mass is 215 g/mol. The number of hydrogen-bond acceptors (Lipinski definition) is 5. The molecule has 0 aliphatic heterocycles. The van der Waals surface area contributed by atoms with Crippen LogP contribution < -0.4 is 5.32 Å². The highest BCUT2D eigenvalue weighted by atomic mass is 32.1. The average Bonchev–Trinajstić information content (AvgIpc) is 2.63. The van der Waals surface area contributed by atoms with Gasteiger partial charge >= 0.3 is 0 Å². The first kappa shape index (κ1) is 11.6. The molecule has 5 heteroatoms. The second-order valence-corrected chi connectivity index (χ2v) is 4.15. The van der Waals surface area contributed by atoms with Gasteiger partial charge in [-0.25, -0.2) is 0 Å². The van der Waals surface area contributed by atoms with E-state index >= 15 is 0 Å². The Labute approximate surface area is 88.7 Å². The van der Waals surface area contributed by atoms with Crippen molar-refractivity contribution in [1.82, 2.24) is 15.5 Å². The molecular formula is C9H17N3OS. The van der Waals surface area contributed by atoms with Crippen LogP contribution in [-0.4, -0.2) is 30.5 Å². The van der Waals surface area contributed by atoms with Gasteiger partial charge in [-0.2, -0.15) is 0 Å². The summed E-state index contributed by atoms with van der Waals surface area (Å²) in [6, 6.07) is 0.300. The van der Waals surface area contributed by atoms with Crippen LogP contribution in [0, 0.1) is 0 Å². The molecule has 0 spiro atoms. The molecule has 14 heavy (non-hydrogen) atoms. The molecule has 1 heterocycles. The zero-order valence-corrected chi connectivity index (χ0v) is 9.73. The Hall–Kier alpha value is -0.520. The van der Waals surface area contributed by atoms with Crippen LogP contribution >= 0.6 is 11.3 Å². The maximum absolute atomic E-state index is 4.99. The third-order valence-corrected chi connectivity index (χ3v) is 3.05. The molecule has 0 aromatic carbocycles. The molecule has 1 unspecified atom stereocenters. The molecule has 0 aliphatic carbocycles. The maximum Gasteiger partial charge on any atom is 0.134 e. The minimum atomic E-state index is 0.300. The van der Waals surface area contributed by atoms with E-state index in [1.165, 1.54) is 0 Å². The second kappa shape index (κ2) is 6.06. The first-order valence-corrected chi connectivity index (χ1v) is 5.64. The third-order valence-electron chi connectivity index (χ3n) is 1.88. The van der Waals surface area contributed by atoms with Gasteiger partial charge in [0, 0.05) is 13.5 Å². The van der Waals surface area contributed by atoms with Crippen molar-refractivity contribution in [3.05, 3.63) is 10.0 Å². The van der Waals surface area contributed by atoms with Gasteiger partial charge in [0.05, 0.1) is 12.6 Å². The van der Waals surface area contributed by atoms with E-state index in [2.05, 4.69) is 29.4 Å². The SMILES string of the molecule is CCNC(C)c1nnc(CCOC)s1. The fourth-order valence-electron chi connectivity index (χ4n) is 1.13. The van der Waals surface area contributed by atoms with Crippen LogP contribution in [0.3, 0.4) is 0 Å². The smallest absolute Gasteiger partial charge is 0.134 e. The predicted octanol–water partition coefficient (Wildman–Crippen LogP) is 1.40. The fourth-order valence-corrected chi connectivity index (χ4v) is 1.98. The summed E-state index contributed by atoms with van der Waals surface area (Å²) in [4.78, 5) is 0. The lowest BCUT2D eigenvalue weighted by atomic mass is 10.3. The summed E-state index contributed by atoms with van der Waals surface area (Å²) < 4.78 is 4.99. The first-order valence-electron chi connectivity index (χ1n) is 4.82. The first-order chi connectivity index (χ1) is 6.77. The van der Waals surface area contributed by atoms with E-state index in [0.717, 1.165) is 23.0 Å². The quantitative estimate of drug-likeness (QED) is 0.779. The van der Waals surface area contributed by atoms with Crippen molar-refractivity contribution in [3.63, 3.8) is 0 Å². The average molecular weight is 215 g/mol. The number of methoxy groups -OCH3 is 1. The van der Waals surface area contributed by atoms with Crippen molar-refractivity contribution in [2.45, 2.75) is 26.3 Å². The zero-order valence-electron chi connectivity index (χ0n) is 8.91. The minimum Gasteiger partial charge on any atom is -0.384 e. The summed E-state index contributed by atoms with van der Waals surface area (Å²) in [5.74, 6) is 0. The van der Waals surface area contributed by atoms with Crippen LogP contribution in [-0.2, 0) is 11.2 Å². The Morgan fingerprint density at radius 1 is 1.50 bits per heavy atom. The molecule has 0 aliphatic rings. The summed E-state index contributed by atoms with van der Waals surface area (Å²) in [5, 5.41) is 13.7. The van der Waals surface area contributed by atoms with Gasteiger partial charge in [0.2, 0.25) is 0 Å². The third kappa shape index (κ3) is 3.32. The number of nitrogens with zero attached hydrogens (tertiary/aromatic N) is 2. The minimum absolute atomic E-state index is 0.300. The Morgan fingerprint density at radius 3 is 2.93 bits per heavy atom. The zero-order chi connectivity index (χ0) is 10.4. The molecule has 0 radical (unpaired) electrons. The fraction of sp³-hybridized carbons (Fsp3) is 0.778. The van der Waals surface area contributed by atoms with E-state index in [9.17, 15) is 0 Å². The number of aromatic nitrogens is 2. The molecule has 1 aromatic rings. The molecular weight excluding hydrogens is 198 g/mol. The Bertz CT molecular complexity index is 264. The number of ether oxygens (including phenoxy) is 1. The molecule has 1 atom stereocenters. The van der Waals surface area contributed by atoms with Crippen LogP contribution in [0.5, 0.6) is 0 Å². The van der Waals surface area contributed by atoms with Crippen LogP contribution in [0.15, 0.2) is 0 Å². The molecule has 4 nitrogen and oxygen atoms in total. The molecule has 1 aromatic heterocycles. The topological polar surface area (TPSA) is 47.0 Å². The van der Waals surface area contributed by atoms with Gasteiger partial charge in [-0.15, -0.1) is 10.2 Å². The summed E-state index contributed by atoms with van der Waals surface area (Å²) in [7, 11) is 1.70. The molecule has 1 N–H and O–H groups in total. The van der Waals surface area contributed by atoms with Crippen molar-refractivity contribution in [3.8, 4) is 0 Å². The summed E-state index contributed by atoms with van der Waals surface area (Å²) in [6.07, 6.45) is 0.854. The molecule has 1 rings (SSSR count). The molecule has 80 valence electrons. The van der Waals surface area contributed by atoms with E-state index in [-0.39, 0.29) is 0 Å². The molecule has 0 saturated heterocycles. The summed E-state index contributed by atoms with van der Waals surface area (Å²) in [5.41, 5.74) is 0. The highest BCUT2D eigenvalue weighted by Gasteiger charge is 2.10. The number of rotatable bonds is 6. The van der Waals surface area contributed by atoms with Gasteiger partial charge in [-0.3, -0.25) is 0 Å². The van der Waals surface area contributed by atoms with Crippen LogP contribution in [0.4, 0.5) is 0 Å². The summed E-state index contributed by atoms with van der Waals surface area (Å²) in [6.45, 7) is 5.85. The van der Waals surface area contributed by atoms with Crippen LogP contribution in [0.2, 0.25) is 0 Å².